The van der Waals surface area contributed by atoms with Gasteiger partial charge < -0.3 is 15.3 Å². The summed E-state index contributed by atoms with van der Waals surface area (Å²) in [6, 6.07) is 9.30. The molecule has 166 valence electrons. The number of sulfonamides is 1. The summed E-state index contributed by atoms with van der Waals surface area (Å²) in [5, 5.41) is 13.9. The molecule has 7 nitrogen and oxygen atoms in total. The van der Waals surface area contributed by atoms with Crippen molar-refractivity contribution in [3.8, 4) is 0 Å². The molecule has 0 bridgehead atoms. The number of anilines is 1. The van der Waals surface area contributed by atoms with Crippen LogP contribution < -0.4 is 14.9 Å². The molecule has 1 heterocycles. The van der Waals surface area contributed by atoms with Crippen molar-refractivity contribution in [3.05, 3.63) is 36.4 Å². The standard InChI is InChI=1S/C17H22N2O4S.C5H11N/c1-4-7-14(17(20)21)18-24(22,23)16-11-6-8-12-13(16)9-5-10-15(12)19(2)3;1-2-4-6-5-3-1/h5-6,8-11,14,18H,4,7H2,1-3H3,(H,20,21);6H,1-5H2/t14-;/m0./s1. The van der Waals surface area contributed by atoms with Gasteiger partial charge in [0.15, 0.2) is 0 Å². The Labute approximate surface area is 179 Å². The number of carboxylic acid groups (broad SMARTS) is 1. The van der Waals surface area contributed by atoms with Crippen LogP contribution in [0.1, 0.15) is 39.0 Å². The van der Waals surface area contributed by atoms with Gasteiger partial charge in [-0.1, -0.05) is 44.0 Å². The van der Waals surface area contributed by atoms with Crippen LogP contribution in [0, 0.1) is 0 Å². The molecule has 1 aliphatic heterocycles. The van der Waals surface area contributed by atoms with E-state index in [-0.39, 0.29) is 11.3 Å². The SMILES string of the molecule is C1CCNCC1.CCC[C@H](NS(=O)(=O)c1cccc2c(N(C)C)cccc12)C(=O)O. The molecule has 0 unspecified atom stereocenters. The number of nitrogens with one attached hydrogen (secondary N) is 2. The lowest BCUT2D eigenvalue weighted by Crippen LogP contribution is -2.40. The molecule has 0 spiro atoms. The predicted molar refractivity (Wildman–Crippen MR) is 122 cm³/mol. The fraction of sp³-hybridized carbons (Fsp3) is 0.500. The molecule has 30 heavy (non-hydrogen) atoms. The first kappa shape index (κ1) is 24.1. The van der Waals surface area contributed by atoms with E-state index in [0.717, 1.165) is 11.1 Å². The minimum Gasteiger partial charge on any atom is -0.480 e. The zero-order chi connectivity index (χ0) is 22.1. The second-order valence-corrected chi connectivity index (χ2v) is 9.32. The van der Waals surface area contributed by atoms with E-state index in [2.05, 4.69) is 10.0 Å². The zero-order valence-electron chi connectivity index (χ0n) is 18.0. The summed E-state index contributed by atoms with van der Waals surface area (Å²) < 4.78 is 27.8. The minimum atomic E-state index is -3.95. The number of aliphatic carboxylic acids is 1. The summed E-state index contributed by atoms with van der Waals surface area (Å²) in [5.41, 5.74) is 0.896. The lowest BCUT2D eigenvalue weighted by molar-refractivity contribution is -0.139. The number of benzene rings is 2. The van der Waals surface area contributed by atoms with Gasteiger partial charge in [-0.15, -0.1) is 0 Å². The van der Waals surface area contributed by atoms with Crippen LogP contribution in [0.25, 0.3) is 10.8 Å². The average Bonchev–Trinajstić information content (AvgIpc) is 2.74. The van der Waals surface area contributed by atoms with Gasteiger partial charge in [-0.3, -0.25) is 4.79 Å². The van der Waals surface area contributed by atoms with Crippen molar-refractivity contribution in [2.24, 2.45) is 0 Å². The van der Waals surface area contributed by atoms with Crippen LogP contribution in [-0.4, -0.2) is 52.7 Å². The van der Waals surface area contributed by atoms with Crippen LogP contribution in [0.3, 0.4) is 0 Å². The second kappa shape index (κ2) is 11.3. The number of carboxylic acids is 1. The quantitative estimate of drug-likeness (QED) is 0.618. The summed E-state index contributed by atoms with van der Waals surface area (Å²) in [7, 11) is -0.175. The van der Waals surface area contributed by atoms with E-state index >= 15 is 0 Å². The fourth-order valence-electron chi connectivity index (χ4n) is 3.46. The Kier molecular flexibility index (Phi) is 9.08. The third kappa shape index (κ3) is 6.42. The highest BCUT2D eigenvalue weighted by atomic mass is 32.2. The van der Waals surface area contributed by atoms with E-state index in [9.17, 15) is 18.3 Å². The predicted octanol–water partition coefficient (Wildman–Crippen LogP) is 3.20. The van der Waals surface area contributed by atoms with E-state index in [0.29, 0.717) is 11.8 Å². The maximum Gasteiger partial charge on any atom is 0.321 e. The van der Waals surface area contributed by atoms with Gasteiger partial charge in [0.25, 0.3) is 0 Å². The normalized spacial score (nSPS) is 15.2. The third-order valence-electron chi connectivity index (χ3n) is 5.01. The zero-order valence-corrected chi connectivity index (χ0v) is 18.8. The number of piperidine rings is 1. The summed E-state index contributed by atoms with van der Waals surface area (Å²) in [6.45, 7) is 4.31. The number of hydrogen-bond acceptors (Lipinski definition) is 5. The maximum atomic E-state index is 12.7. The number of nitrogens with zero attached hydrogens (tertiary/aromatic N) is 1. The van der Waals surface area contributed by atoms with Crippen molar-refractivity contribution >= 4 is 32.5 Å². The van der Waals surface area contributed by atoms with Gasteiger partial charge in [0.2, 0.25) is 10.0 Å². The van der Waals surface area contributed by atoms with Gasteiger partial charge in [0, 0.05) is 30.6 Å². The third-order valence-corrected chi connectivity index (χ3v) is 6.54. The van der Waals surface area contributed by atoms with E-state index in [1.807, 2.05) is 38.1 Å². The lowest BCUT2D eigenvalue weighted by atomic mass is 10.1. The number of fused-ring (bicyclic) bond motifs is 1. The van der Waals surface area contributed by atoms with E-state index in [4.69, 9.17) is 0 Å². The molecule has 1 fully saturated rings. The van der Waals surface area contributed by atoms with Gasteiger partial charge in [0.05, 0.1) is 4.90 Å². The topological polar surface area (TPSA) is 98.7 Å². The monoisotopic (exact) mass is 435 g/mol. The van der Waals surface area contributed by atoms with E-state index in [1.54, 1.807) is 18.2 Å². The second-order valence-electron chi connectivity index (χ2n) is 7.63. The smallest absolute Gasteiger partial charge is 0.321 e. The summed E-state index contributed by atoms with van der Waals surface area (Å²) in [6.07, 6.45) is 5.02. The molecule has 1 atom stereocenters. The molecule has 3 rings (SSSR count). The highest BCUT2D eigenvalue weighted by Crippen LogP contribution is 2.30. The van der Waals surface area contributed by atoms with E-state index < -0.39 is 22.0 Å². The van der Waals surface area contributed by atoms with Crippen molar-refractivity contribution < 1.29 is 18.3 Å². The number of rotatable bonds is 7. The Morgan fingerprint density at radius 1 is 1.10 bits per heavy atom. The molecule has 2 aromatic rings. The van der Waals surface area contributed by atoms with E-state index in [1.165, 1.54) is 38.4 Å². The molecule has 0 radical (unpaired) electrons. The molecule has 0 aliphatic carbocycles. The molecule has 2 aromatic carbocycles. The number of carbonyl (C=O) groups is 1. The lowest BCUT2D eigenvalue weighted by Gasteiger charge is -2.18. The van der Waals surface area contributed by atoms with Crippen molar-refractivity contribution in [1.29, 1.82) is 0 Å². The molecule has 1 saturated heterocycles. The minimum absolute atomic E-state index is 0.0889. The van der Waals surface area contributed by atoms with Gasteiger partial charge in [0.1, 0.15) is 6.04 Å². The summed E-state index contributed by atoms with van der Waals surface area (Å²) in [4.78, 5) is 13.3. The Morgan fingerprint density at radius 2 is 1.73 bits per heavy atom. The van der Waals surface area contributed by atoms with Gasteiger partial charge in [-0.05, 0) is 44.5 Å². The van der Waals surface area contributed by atoms with Crippen molar-refractivity contribution in [3.63, 3.8) is 0 Å². The highest BCUT2D eigenvalue weighted by molar-refractivity contribution is 7.89. The Bertz CT molecular complexity index is 929. The van der Waals surface area contributed by atoms with Crippen LogP contribution in [0.5, 0.6) is 0 Å². The summed E-state index contributed by atoms with van der Waals surface area (Å²) in [5.74, 6) is -1.17. The van der Waals surface area contributed by atoms with Crippen molar-refractivity contribution in [1.82, 2.24) is 10.0 Å². The van der Waals surface area contributed by atoms with Crippen LogP contribution >= 0.6 is 0 Å². The van der Waals surface area contributed by atoms with Gasteiger partial charge >= 0.3 is 5.97 Å². The molecule has 1 aliphatic rings. The van der Waals surface area contributed by atoms with Crippen molar-refractivity contribution in [2.75, 3.05) is 32.1 Å². The molecule has 0 saturated carbocycles. The molecule has 0 aromatic heterocycles. The van der Waals surface area contributed by atoms with Crippen LogP contribution in [0.15, 0.2) is 41.3 Å². The molecule has 8 heteroatoms. The highest BCUT2D eigenvalue weighted by Gasteiger charge is 2.26. The molecule has 3 N–H and O–H groups in total. The van der Waals surface area contributed by atoms with Crippen LogP contribution in [-0.2, 0) is 14.8 Å². The largest absolute Gasteiger partial charge is 0.480 e. The Morgan fingerprint density at radius 3 is 2.23 bits per heavy atom. The molecule has 0 amide bonds. The van der Waals surface area contributed by atoms with Gasteiger partial charge in [-0.2, -0.15) is 4.72 Å². The maximum absolute atomic E-state index is 12.7. The van der Waals surface area contributed by atoms with Crippen molar-refractivity contribution in [2.45, 2.75) is 50.0 Å². The Hall–Kier alpha value is -2.16. The first-order valence-corrected chi connectivity index (χ1v) is 11.9. The Balaban J connectivity index is 0.000000456. The first-order chi connectivity index (χ1) is 14.3. The molecular formula is C22H33N3O4S. The fourth-order valence-corrected chi connectivity index (χ4v) is 4.91. The van der Waals surface area contributed by atoms with Crippen LogP contribution in [0.2, 0.25) is 0 Å². The average molecular weight is 436 g/mol. The summed E-state index contributed by atoms with van der Waals surface area (Å²) >= 11 is 0. The molecular weight excluding hydrogens is 402 g/mol. The number of hydrogen-bond donors (Lipinski definition) is 3. The van der Waals surface area contributed by atoms with Gasteiger partial charge in [-0.25, -0.2) is 8.42 Å². The van der Waals surface area contributed by atoms with Crippen LogP contribution in [0.4, 0.5) is 5.69 Å². The first-order valence-electron chi connectivity index (χ1n) is 10.4.